The molecule has 2 rings (SSSR count). The third-order valence-electron chi connectivity index (χ3n) is 3.93. The average molecular weight is 240 g/mol. The Morgan fingerprint density at radius 1 is 1.29 bits per heavy atom. The van der Waals surface area contributed by atoms with Crippen molar-refractivity contribution < 1.29 is 5.11 Å². The second kappa shape index (κ2) is 5.25. The number of nitrogens with one attached hydrogen (secondary N) is 1. The summed E-state index contributed by atoms with van der Waals surface area (Å²) in [6.07, 6.45) is 4.73. The zero-order chi connectivity index (χ0) is 12.5. The van der Waals surface area contributed by atoms with Gasteiger partial charge in [-0.15, -0.1) is 0 Å². The van der Waals surface area contributed by atoms with Crippen molar-refractivity contribution in [1.29, 1.82) is 0 Å². The maximum absolute atomic E-state index is 9.29. The first kappa shape index (κ1) is 13.3. The molecule has 0 atom stereocenters. The highest BCUT2D eigenvalue weighted by Gasteiger charge is 2.30. The molecule has 2 aliphatic rings. The molecule has 2 aliphatic carbocycles. The van der Waals surface area contributed by atoms with Crippen molar-refractivity contribution in [2.24, 2.45) is 11.3 Å². The monoisotopic (exact) mass is 240 g/mol. The van der Waals surface area contributed by atoms with Gasteiger partial charge in [0.05, 0.1) is 6.10 Å². The van der Waals surface area contributed by atoms with E-state index >= 15 is 0 Å². The van der Waals surface area contributed by atoms with E-state index in [0.29, 0.717) is 5.41 Å². The Morgan fingerprint density at radius 2 is 1.94 bits per heavy atom. The Hall–Kier alpha value is -0.120. The summed E-state index contributed by atoms with van der Waals surface area (Å²) in [6.45, 7) is 8.08. The van der Waals surface area contributed by atoms with Gasteiger partial charge in [-0.1, -0.05) is 13.8 Å². The Bertz CT molecular complexity index is 245. The highest BCUT2D eigenvalue weighted by atomic mass is 16.3. The van der Waals surface area contributed by atoms with Crippen LogP contribution in [-0.2, 0) is 0 Å². The quantitative estimate of drug-likeness (QED) is 0.707. The highest BCUT2D eigenvalue weighted by molar-refractivity contribution is 4.86. The summed E-state index contributed by atoms with van der Waals surface area (Å²) in [5.41, 5.74) is 0.347. The lowest BCUT2D eigenvalue weighted by atomic mass is 9.82. The molecule has 0 saturated heterocycles. The van der Waals surface area contributed by atoms with Gasteiger partial charge in [-0.05, 0) is 44.1 Å². The smallest absolute Gasteiger partial charge is 0.0546 e. The van der Waals surface area contributed by atoms with Gasteiger partial charge >= 0.3 is 0 Å². The summed E-state index contributed by atoms with van der Waals surface area (Å²) in [5, 5.41) is 12.9. The molecule has 0 aromatic carbocycles. The molecule has 0 unspecified atom stereocenters. The minimum absolute atomic E-state index is 0.0158. The third-order valence-corrected chi connectivity index (χ3v) is 3.93. The molecule has 3 nitrogen and oxygen atoms in total. The topological polar surface area (TPSA) is 35.5 Å². The molecule has 0 bridgehead atoms. The van der Waals surface area contributed by atoms with Crippen LogP contribution in [0.15, 0.2) is 0 Å². The zero-order valence-electron chi connectivity index (χ0n) is 11.6. The Kier molecular flexibility index (Phi) is 4.11. The van der Waals surface area contributed by atoms with Gasteiger partial charge in [0, 0.05) is 25.7 Å². The highest BCUT2D eigenvalue weighted by Crippen LogP contribution is 2.28. The zero-order valence-corrected chi connectivity index (χ0v) is 11.6. The van der Waals surface area contributed by atoms with Gasteiger partial charge in [0.2, 0.25) is 0 Å². The summed E-state index contributed by atoms with van der Waals surface area (Å²) in [5.74, 6) is 0.724. The number of hydrogen-bond donors (Lipinski definition) is 2. The maximum atomic E-state index is 9.29. The van der Waals surface area contributed by atoms with Gasteiger partial charge in [-0.2, -0.15) is 0 Å². The molecule has 0 aromatic heterocycles. The van der Waals surface area contributed by atoms with Crippen molar-refractivity contribution in [3.63, 3.8) is 0 Å². The van der Waals surface area contributed by atoms with Gasteiger partial charge in [0.15, 0.2) is 0 Å². The number of rotatable bonds is 7. The van der Waals surface area contributed by atoms with Crippen LogP contribution in [0, 0.1) is 11.3 Å². The maximum Gasteiger partial charge on any atom is 0.0546 e. The summed E-state index contributed by atoms with van der Waals surface area (Å²) in [6, 6.07) is 0.807. The molecular formula is C14H28N2O. The predicted molar refractivity (Wildman–Crippen MR) is 71.0 cm³/mol. The van der Waals surface area contributed by atoms with Gasteiger partial charge in [0.1, 0.15) is 0 Å². The van der Waals surface area contributed by atoms with Crippen molar-refractivity contribution in [2.75, 3.05) is 26.7 Å². The van der Waals surface area contributed by atoms with Crippen molar-refractivity contribution in [3.05, 3.63) is 0 Å². The van der Waals surface area contributed by atoms with Crippen LogP contribution < -0.4 is 5.32 Å². The van der Waals surface area contributed by atoms with E-state index in [4.69, 9.17) is 0 Å². The van der Waals surface area contributed by atoms with Crippen LogP contribution in [0.3, 0.4) is 0 Å². The van der Waals surface area contributed by atoms with Crippen molar-refractivity contribution >= 4 is 0 Å². The van der Waals surface area contributed by atoms with E-state index in [0.717, 1.165) is 44.4 Å². The minimum atomic E-state index is -0.0158. The van der Waals surface area contributed by atoms with E-state index in [1.807, 2.05) is 0 Å². The van der Waals surface area contributed by atoms with Crippen molar-refractivity contribution in [2.45, 2.75) is 51.7 Å². The lowest BCUT2D eigenvalue weighted by Gasteiger charge is -2.37. The summed E-state index contributed by atoms with van der Waals surface area (Å²) < 4.78 is 0. The lowest BCUT2D eigenvalue weighted by Crippen LogP contribution is -2.43. The van der Waals surface area contributed by atoms with Crippen LogP contribution in [0.25, 0.3) is 0 Å². The second-order valence-electron chi connectivity index (χ2n) is 7.01. The molecule has 17 heavy (non-hydrogen) atoms. The molecule has 2 N–H and O–H groups in total. The van der Waals surface area contributed by atoms with Gasteiger partial charge in [0.25, 0.3) is 0 Å². The van der Waals surface area contributed by atoms with Gasteiger partial charge < -0.3 is 15.3 Å². The van der Waals surface area contributed by atoms with Crippen LogP contribution in [-0.4, -0.2) is 48.8 Å². The summed E-state index contributed by atoms with van der Waals surface area (Å²) in [7, 11) is 2.21. The molecule has 0 heterocycles. The first-order valence-electron chi connectivity index (χ1n) is 7.04. The van der Waals surface area contributed by atoms with E-state index in [1.54, 1.807) is 0 Å². The van der Waals surface area contributed by atoms with Gasteiger partial charge in [-0.3, -0.25) is 0 Å². The first-order valence-corrected chi connectivity index (χ1v) is 7.04. The summed E-state index contributed by atoms with van der Waals surface area (Å²) >= 11 is 0. The molecule has 100 valence electrons. The van der Waals surface area contributed by atoms with E-state index < -0.39 is 0 Å². The SMILES string of the molecule is CN(CC1CC(O)C1)CC(C)(C)CNC1CC1. The molecule has 2 saturated carbocycles. The molecule has 0 spiro atoms. The van der Waals surface area contributed by atoms with Gasteiger partial charge in [-0.25, -0.2) is 0 Å². The Labute approximate surface area is 106 Å². The number of hydrogen-bond acceptors (Lipinski definition) is 3. The average Bonchev–Trinajstić information content (AvgIpc) is 2.94. The lowest BCUT2D eigenvalue weighted by molar-refractivity contribution is 0.0235. The molecule has 0 aromatic rings. The molecule has 0 aliphatic heterocycles. The fourth-order valence-electron chi connectivity index (χ4n) is 2.85. The fraction of sp³-hybridized carbons (Fsp3) is 1.00. The second-order valence-corrected chi connectivity index (χ2v) is 7.01. The van der Waals surface area contributed by atoms with Crippen LogP contribution >= 0.6 is 0 Å². The van der Waals surface area contributed by atoms with E-state index in [-0.39, 0.29) is 6.10 Å². The van der Waals surface area contributed by atoms with Crippen molar-refractivity contribution in [3.8, 4) is 0 Å². The molecular weight excluding hydrogens is 212 g/mol. The first-order chi connectivity index (χ1) is 7.94. The van der Waals surface area contributed by atoms with E-state index in [2.05, 4.69) is 31.1 Å². The predicted octanol–water partition coefficient (Wildman–Crippen LogP) is 1.47. The third kappa shape index (κ3) is 4.57. The standard InChI is InChI=1S/C14H28N2O/c1-14(2,9-15-12-4-5-12)10-16(3)8-11-6-13(17)7-11/h11-13,15,17H,4-10H2,1-3H3. The molecule has 3 heteroatoms. The van der Waals surface area contributed by atoms with E-state index in [9.17, 15) is 5.11 Å². The number of nitrogens with zero attached hydrogens (tertiary/aromatic N) is 1. The number of aliphatic hydroxyl groups is 1. The molecule has 0 amide bonds. The number of aliphatic hydroxyl groups excluding tert-OH is 1. The Balaban J connectivity index is 1.62. The minimum Gasteiger partial charge on any atom is -0.393 e. The van der Waals surface area contributed by atoms with Crippen LogP contribution in [0.4, 0.5) is 0 Å². The van der Waals surface area contributed by atoms with E-state index in [1.165, 1.54) is 12.8 Å². The normalized spacial score (nSPS) is 29.5. The Morgan fingerprint density at radius 3 is 2.47 bits per heavy atom. The molecule has 2 fully saturated rings. The molecule has 0 radical (unpaired) electrons. The van der Waals surface area contributed by atoms with Crippen LogP contribution in [0.1, 0.15) is 39.5 Å². The fourth-order valence-corrected chi connectivity index (χ4v) is 2.85. The largest absolute Gasteiger partial charge is 0.393 e. The van der Waals surface area contributed by atoms with Crippen LogP contribution in [0.5, 0.6) is 0 Å². The van der Waals surface area contributed by atoms with Crippen molar-refractivity contribution in [1.82, 2.24) is 10.2 Å². The summed E-state index contributed by atoms with van der Waals surface area (Å²) in [4.78, 5) is 2.44. The van der Waals surface area contributed by atoms with Crippen LogP contribution in [0.2, 0.25) is 0 Å².